The smallest absolute Gasteiger partial charge is 0.372 e. The van der Waals surface area contributed by atoms with Gasteiger partial charge in [-0.2, -0.15) is 0 Å². The molecular weight excluding hydrogens is 387 g/mol. The second-order valence-electron chi connectivity index (χ2n) is 7.01. The van der Waals surface area contributed by atoms with Crippen molar-refractivity contribution in [2.45, 2.75) is 19.5 Å². The molecule has 0 aliphatic rings. The molecule has 30 heavy (non-hydrogen) atoms. The van der Waals surface area contributed by atoms with Crippen molar-refractivity contribution in [3.05, 3.63) is 89.5 Å². The highest BCUT2D eigenvalue weighted by molar-refractivity contribution is 6.37. The van der Waals surface area contributed by atoms with E-state index in [0.29, 0.717) is 6.54 Å². The number of carbonyl (C=O) groups excluding carboxylic acids is 2. The number of nitrogens with zero attached hydrogens (tertiary/aromatic N) is 2. The zero-order valence-corrected chi connectivity index (χ0v) is 16.4. The summed E-state index contributed by atoms with van der Waals surface area (Å²) < 4.78 is 14.9. The van der Waals surface area contributed by atoms with Crippen molar-refractivity contribution < 1.29 is 23.9 Å². The number of hydrogen-bond donors (Lipinski definition) is 1. The minimum absolute atomic E-state index is 0.226. The molecule has 0 bridgehead atoms. The number of ketones is 2. The second-order valence-corrected chi connectivity index (χ2v) is 7.01. The topological polar surface area (TPSA) is 79.6 Å². The Morgan fingerprint density at radius 1 is 1.00 bits per heavy atom. The van der Waals surface area contributed by atoms with Crippen molar-refractivity contribution in [2.24, 2.45) is 0 Å². The summed E-state index contributed by atoms with van der Waals surface area (Å²) in [5, 5.41) is 8.81. The van der Waals surface area contributed by atoms with Gasteiger partial charge in [-0.15, -0.1) is 0 Å². The number of carboxylic acids is 1. The molecule has 6 nitrogen and oxygen atoms in total. The van der Waals surface area contributed by atoms with Crippen LogP contribution in [0.5, 0.6) is 0 Å². The number of carboxylic acid groups (broad SMARTS) is 1. The van der Waals surface area contributed by atoms with Crippen LogP contribution in [0.2, 0.25) is 0 Å². The fraction of sp³-hybridized carbons (Fsp3) is 0.174. The fourth-order valence-corrected chi connectivity index (χ4v) is 3.12. The van der Waals surface area contributed by atoms with Crippen LogP contribution in [-0.2, 0) is 22.7 Å². The molecule has 0 aliphatic heterocycles. The van der Waals surface area contributed by atoms with Gasteiger partial charge >= 0.3 is 5.97 Å². The van der Waals surface area contributed by atoms with E-state index < -0.39 is 24.0 Å². The average molecular weight is 408 g/mol. The number of halogens is 1. The molecule has 0 atom stereocenters. The van der Waals surface area contributed by atoms with Crippen LogP contribution < -0.4 is 4.90 Å². The summed E-state index contributed by atoms with van der Waals surface area (Å²) in [6, 6.07) is 17.3. The number of hydrogen-bond acceptors (Lipinski definition) is 4. The summed E-state index contributed by atoms with van der Waals surface area (Å²) in [5.74, 6) is -3.74. The van der Waals surface area contributed by atoms with Gasteiger partial charge in [-0.05, 0) is 29.3 Å². The first-order valence-corrected chi connectivity index (χ1v) is 9.32. The Balaban J connectivity index is 1.89. The van der Waals surface area contributed by atoms with Crippen LogP contribution >= 0.6 is 0 Å². The lowest BCUT2D eigenvalue weighted by atomic mass is 10.1. The molecule has 3 rings (SSSR count). The summed E-state index contributed by atoms with van der Waals surface area (Å²) in [4.78, 5) is 37.0. The van der Waals surface area contributed by atoms with Crippen molar-refractivity contribution in [2.75, 3.05) is 11.9 Å². The van der Waals surface area contributed by atoms with Gasteiger partial charge in [-0.25, -0.2) is 9.18 Å². The monoisotopic (exact) mass is 408 g/mol. The van der Waals surface area contributed by atoms with Crippen LogP contribution in [-0.4, -0.2) is 34.3 Å². The van der Waals surface area contributed by atoms with Crippen molar-refractivity contribution >= 4 is 23.2 Å². The van der Waals surface area contributed by atoms with E-state index >= 15 is 0 Å². The van der Waals surface area contributed by atoms with E-state index in [9.17, 15) is 18.8 Å². The summed E-state index contributed by atoms with van der Waals surface area (Å²) in [6.45, 7) is 0.880. The van der Waals surface area contributed by atoms with Crippen molar-refractivity contribution in [3.63, 3.8) is 0 Å². The third-order valence-electron chi connectivity index (χ3n) is 4.70. The van der Waals surface area contributed by atoms with Crippen LogP contribution in [0, 0.1) is 5.82 Å². The molecule has 0 radical (unpaired) electrons. The standard InChI is InChI=1S/C23H21FN2O4/c1-25(13-16-5-3-2-4-6-16)19-11-20(21(27)12-22(28)23(29)30)26(15-19)14-17-7-9-18(24)10-8-17/h2-11,15H,12-14H2,1H3,(H,29,30). The largest absolute Gasteiger partial charge is 0.475 e. The van der Waals surface area contributed by atoms with E-state index in [0.717, 1.165) is 16.8 Å². The molecule has 0 saturated carbocycles. The lowest BCUT2D eigenvalue weighted by Crippen LogP contribution is -2.19. The number of Topliss-reactive ketones (excluding diaryl/α,β-unsaturated/α-hetero) is 2. The molecule has 1 heterocycles. The first-order valence-electron chi connectivity index (χ1n) is 9.32. The molecular formula is C23H21FN2O4. The van der Waals surface area contributed by atoms with E-state index in [1.54, 1.807) is 29.0 Å². The van der Waals surface area contributed by atoms with E-state index in [1.165, 1.54) is 12.1 Å². The van der Waals surface area contributed by atoms with Crippen LogP contribution in [0.15, 0.2) is 66.9 Å². The SMILES string of the molecule is CN(Cc1ccccc1)c1cc(C(=O)CC(=O)C(=O)O)n(Cc2ccc(F)cc2)c1. The highest BCUT2D eigenvalue weighted by Crippen LogP contribution is 2.22. The molecule has 2 aromatic carbocycles. The number of aromatic nitrogens is 1. The van der Waals surface area contributed by atoms with E-state index in [-0.39, 0.29) is 18.1 Å². The Morgan fingerprint density at radius 3 is 2.30 bits per heavy atom. The Hall–Kier alpha value is -3.74. The van der Waals surface area contributed by atoms with Crippen molar-refractivity contribution in [3.8, 4) is 0 Å². The first-order chi connectivity index (χ1) is 14.3. The molecule has 7 heteroatoms. The highest BCUT2D eigenvalue weighted by atomic mass is 19.1. The third kappa shape index (κ3) is 5.20. The maximum Gasteiger partial charge on any atom is 0.372 e. The molecule has 0 spiro atoms. The molecule has 1 N–H and O–H groups in total. The van der Waals surface area contributed by atoms with Gasteiger partial charge in [0.05, 0.1) is 17.8 Å². The van der Waals surface area contributed by atoms with Gasteiger partial charge in [0.15, 0.2) is 5.78 Å². The maximum atomic E-state index is 13.2. The Labute approximate surface area is 173 Å². The molecule has 1 aromatic heterocycles. The van der Waals surface area contributed by atoms with E-state index in [4.69, 9.17) is 5.11 Å². The molecule has 154 valence electrons. The molecule has 0 amide bonds. The quantitative estimate of drug-likeness (QED) is 0.333. The van der Waals surface area contributed by atoms with E-state index in [2.05, 4.69) is 0 Å². The fourth-order valence-electron chi connectivity index (χ4n) is 3.12. The summed E-state index contributed by atoms with van der Waals surface area (Å²) in [6.07, 6.45) is 1.05. The highest BCUT2D eigenvalue weighted by Gasteiger charge is 2.22. The summed E-state index contributed by atoms with van der Waals surface area (Å²) in [5.41, 5.74) is 2.82. The predicted molar refractivity (Wildman–Crippen MR) is 110 cm³/mol. The van der Waals surface area contributed by atoms with Crippen LogP contribution in [0.1, 0.15) is 28.0 Å². The Morgan fingerprint density at radius 2 is 1.67 bits per heavy atom. The van der Waals surface area contributed by atoms with Gasteiger partial charge in [0.1, 0.15) is 5.82 Å². The van der Waals surface area contributed by atoms with Crippen LogP contribution in [0.25, 0.3) is 0 Å². The zero-order valence-electron chi connectivity index (χ0n) is 16.4. The van der Waals surface area contributed by atoms with Crippen LogP contribution in [0.4, 0.5) is 10.1 Å². The number of carbonyl (C=O) groups is 3. The summed E-state index contributed by atoms with van der Waals surface area (Å²) >= 11 is 0. The van der Waals surface area contributed by atoms with Crippen molar-refractivity contribution in [1.82, 2.24) is 4.57 Å². The molecule has 3 aromatic rings. The molecule has 0 unspecified atom stereocenters. The minimum atomic E-state index is -1.64. The average Bonchev–Trinajstić information content (AvgIpc) is 3.14. The van der Waals surface area contributed by atoms with Gasteiger partial charge in [0, 0.05) is 26.3 Å². The van der Waals surface area contributed by atoms with Gasteiger partial charge in [0.2, 0.25) is 5.78 Å². The predicted octanol–water partition coefficient (Wildman–Crippen LogP) is 3.54. The first kappa shape index (κ1) is 21.0. The van der Waals surface area contributed by atoms with Crippen molar-refractivity contribution in [1.29, 1.82) is 0 Å². The lowest BCUT2D eigenvalue weighted by molar-refractivity contribution is -0.148. The molecule has 0 fully saturated rings. The zero-order chi connectivity index (χ0) is 21.7. The van der Waals surface area contributed by atoms with Gasteiger partial charge in [0.25, 0.3) is 0 Å². The lowest BCUT2D eigenvalue weighted by Gasteiger charge is -2.17. The Bertz CT molecular complexity index is 1060. The number of aliphatic carboxylic acids is 1. The van der Waals surface area contributed by atoms with Crippen LogP contribution in [0.3, 0.4) is 0 Å². The maximum absolute atomic E-state index is 13.2. The third-order valence-corrected chi connectivity index (χ3v) is 4.70. The van der Waals surface area contributed by atoms with Gasteiger partial charge in [-0.3, -0.25) is 9.59 Å². The van der Waals surface area contributed by atoms with E-state index in [1.807, 2.05) is 42.3 Å². The second kappa shape index (κ2) is 9.17. The minimum Gasteiger partial charge on any atom is -0.475 e. The number of rotatable bonds is 9. The molecule has 0 aliphatic carbocycles. The Kier molecular flexibility index (Phi) is 6.41. The normalized spacial score (nSPS) is 10.6. The van der Waals surface area contributed by atoms with Gasteiger partial charge < -0.3 is 14.6 Å². The van der Waals surface area contributed by atoms with Gasteiger partial charge in [-0.1, -0.05) is 42.5 Å². The number of benzene rings is 2. The number of anilines is 1. The molecule has 0 saturated heterocycles. The summed E-state index contributed by atoms with van der Waals surface area (Å²) in [7, 11) is 1.88.